The topological polar surface area (TPSA) is 28.7 Å². The fourth-order valence-electron chi connectivity index (χ4n) is 1.26. The van der Waals surface area contributed by atoms with E-state index in [1.165, 1.54) is 0 Å². The van der Waals surface area contributed by atoms with Crippen LogP contribution in [0.1, 0.15) is 5.82 Å². The van der Waals surface area contributed by atoms with Gasteiger partial charge >= 0.3 is 0 Å². The van der Waals surface area contributed by atoms with Gasteiger partial charge in [0, 0.05) is 10.0 Å². The van der Waals surface area contributed by atoms with Gasteiger partial charge in [-0.05, 0) is 35.0 Å². The van der Waals surface area contributed by atoms with Gasteiger partial charge in [-0.25, -0.2) is 4.98 Å². The van der Waals surface area contributed by atoms with Crippen molar-refractivity contribution in [3.63, 3.8) is 0 Å². The number of nitrogens with zero attached hydrogens (tertiary/aromatic N) is 1. The van der Waals surface area contributed by atoms with Crippen LogP contribution in [0.15, 0.2) is 33.3 Å². The molecule has 0 radical (unpaired) electrons. The number of rotatable bonds is 1. The minimum absolute atomic E-state index is 0.912. The molecule has 0 saturated heterocycles. The van der Waals surface area contributed by atoms with E-state index in [4.69, 9.17) is 0 Å². The monoisotopic (exact) mass is 314 g/mol. The molecule has 4 heteroatoms. The zero-order valence-electron chi connectivity index (χ0n) is 7.51. The Morgan fingerprint density at radius 2 is 1.79 bits per heavy atom. The van der Waals surface area contributed by atoms with Gasteiger partial charge in [-0.15, -0.1) is 0 Å². The van der Waals surface area contributed by atoms with Gasteiger partial charge in [-0.1, -0.05) is 28.1 Å². The molecule has 0 aliphatic rings. The second-order valence-corrected chi connectivity index (χ2v) is 4.70. The van der Waals surface area contributed by atoms with E-state index < -0.39 is 0 Å². The summed E-state index contributed by atoms with van der Waals surface area (Å²) in [5.74, 6) is 0.912. The van der Waals surface area contributed by atoms with Crippen LogP contribution in [0, 0.1) is 6.92 Å². The molecule has 0 aliphatic carbocycles. The van der Waals surface area contributed by atoms with Crippen LogP contribution in [-0.4, -0.2) is 9.97 Å². The smallest absolute Gasteiger partial charge is 0.110 e. The molecule has 14 heavy (non-hydrogen) atoms. The van der Waals surface area contributed by atoms with Crippen molar-refractivity contribution in [2.45, 2.75) is 6.92 Å². The Morgan fingerprint density at radius 3 is 2.29 bits per heavy atom. The lowest BCUT2D eigenvalue weighted by atomic mass is 10.2. The highest BCUT2D eigenvalue weighted by molar-refractivity contribution is 9.10. The molecule has 0 aliphatic heterocycles. The summed E-state index contributed by atoms with van der Waals surface area (Å²) in [7, 11) is 0. The van der Waals surface area contributed by atoms with Gasteiger partial charge in [0.1, 0.15) is 16.1 Å². The van der Waals surface area contributed by atoms with E-state index in [0.717, 1.165) is 26.2 Å². The number of aromatic nitrogens is 2. The number of nitrogens with one attached hydrogen (secondary N) is 1. The molecule has 0 saturated carbocycles. The maximum Gasteiger partial charge on any atom is 0.110 e. The summed E-state index contributed by atoms with van der Waals surface area (Å²) in [6, 6.07) is 8.08. The standard InChI is InChI=1S/C10H8Br2N2/c1-6-13-9(10(12)14-6)7-2-4-8(11)5-3-7/h2-5H,1H3,(H,13,14). The number of benzene rings is 1. The predicted molar refractivity (Wildman–Crippen MR) is 64.2 cm³/mol. The number of H-pyrrole nitrogens is 1. The zero-order chi connectivity index (χ0) is 10.1. The van der Waals surface area contributed by atoms with Crippen molar-refractivity contribution in [3.05, 3.63) is 39.2 Å². The number of hydrogen-bond acceptors (Lipinski definition) is 1. The summed E-state index contributed by atoms with van der Waals surface area (Å²) in [4.78, 5) is 7.51. The van der Waals surface area contributed by atoms with Crippen LogP contribution in [0.4, 0.5) is 0 Å². The minimum Gasteiger partial charge on any atom is -0.336 e. The highest BCUT2D eigenvalue weighted by atomic mass is 79.9. The molecular weight excluding hydrogens is 308 g/mol. The quantitative estimate of drug-likeness (QED) is 0.849. The van der Waals surface area contributed by atoms with Crippen LogP contribution in [0.2, 0.25) is 0 Å². The molecule has 1 aromatic heterocycles. The first kappa shape index (κ1) is 9.93. The van der Waals surface area contributed by atoms with Crippen molar-refractivity contribution in [2.75, 3.05) is 0 Å². The lowest BCUT2D eigenvalue weighted by molar-refractivity contribution is 1.14. The van der Waals surface area contributed by atoms with E-state index in [1.807, 2.05) is 31.2 Å². The van der Waals surface area contributed by atoms with Gasteiger partial charge in [0.15, 0.2) is 0 Å². The van der Waals surface area contributed by atoms with Crippen LogP contribution in [0.3, 0.4) is 0 Å². The number of aromatic amines is 1. The molecule has 0 spiro atoms. The molecule has 1 N–H and O–H groups in total. The lowest BCUT2D eigenvalue weighted by Gasteiger charge is -1.97. The third-order valence-electron chi connectivity index (χ3n) is 1.90. The van der Waals surface area contributed by atoms with Crippen LogP contribution in [-0.2, 0) is 0 Å². The van der Waals surface area contributed by atoms with Crippen LogP contribution >= 0.6 is 31.9 Å². The third kappa shape index (κ3) is 1.91. The first-order chi connectivity index (χ1) is 6.66. The Balaban J connectivity index is 2.49. The van der Waals surface area contributed by atoms with Crippen molar-refractivity contribution in [2.24, 2.45) is 0 Å². The van der Waals surface area contributed by atoms with Crippen LogP contribution < -0.4 is 0 Å². The summed E-state index contributed by atoms with van der Waals surface area (Å²) in [6.07, 6.45) is 0. The van der Waals surface area contributed by atoms with E-state index in [1.54, 1.807) is 0 Å². The minimum atomic E-state index is 0.912. The van der Waals surface area contributed by atoms with Crippen molar-refractivity contribution >= 4 is 31.9 Å². The Morgan fingerprint density at radius 1 is 1.14 bits per heavy atom. The largest absolute Gasteiger partial charge is 0.336 e. The van der Waals surface area contributed by atoms with Crippen LogP contribution in [0.5, 0.6) is 0 Å². The molecule has 1 heterocycles. The lowest BCUT2D eigenvalue weighted by Crippen LogP contribution is -1.78. The van der Waals surface area contributed by atoms with Gasteiger partial charge in [0.2, 0.25) is 0 Å². The molecule has 0 bridgehead atoms. The second kappa shape index (κ2) is 3.87. The van der Waals surface area contributed by atoms with Crippen LogP contribution in [0.25, 0.3) is 11.3 Å². The Labute approximate surface area is 99.0 Å². The van der Waals surface area contributed by atoms with Gasteiger partial charge in [-0.3, -0.25) is 0 Å². The second-order valence-electron chi connectivity index (χ2n) is 2.99. The predicted octanol–water partition coefficient (Wildman–Crippen LogP) is 3.91. The van der Waals surface area contributed by atoms with E-state index in [2.05, 4.69) is 41.8 Å². The Kier molecular flexibility index (Phi) is 2.74. The normalized spacial score (nSPS) is 10.5. The maximum absolute atomic E-state index is 4.39. The molecule has 1 aromatic carbocycles. The van der Waals surface area contributed by atoms with Crippen molar-refractivity contribution in [1.82, 2.24) is 9.97 Å². The number of imidazole rings is 1. The molecular formula is C10H8Br2N2. The zero-order valence-corrected chi connectivity index (χ0v) is 10.7. The molecule has 2 aromatic rings. The van der Waals surface area contributed by atoms with Gasteiger partial charge in [0.05, 0.1) is 0 Å². The van der Waals surface area contributed by atoms with Gasteiger partial charge in [-0.2, -0.15) is 0 Å². The molecule has 2 rings (SSSR count). The number of aryl methyl sites for hydroxylation is 1. The molecule has 72 valence electrons. The first-order valence-corrected chi connectivity index (χ1v) is 5.73. The average Bonchev–Trinajstić information content (AvgIpc) is 2.47. The van der Waals surface area contributed by atoms with E-state index in [0.29, 0.717) is 0 Å². The molecule has 0 unspecified atom stereocenters. The van der Waals surface area contributed by atoms with Crippen molar-refractivity contribution in [1.29, 1.82) is 0 Å². The number of halogens is 2. The van der Waals surface area contributed by atoms with E-state index in [9.17, 15) is 0 Å². The third-order valence-corrected chi connectivity index (χ3v) is 3.00. The highest BCUT2D eigenvalue weighted by Crippen LogP contribution is 2.26. The molecule has 0 fully saturated rings. The molecule has 0 amide bonds. The van der Waals surface area contributed by atoms with Crippen molar-refractivity contribution in [3.8, 4) is 11.3 Å². The van der Waals surface area contributed by atoms with E-state index in [-0.39, 0.29) is 0 Å². The molecule has 0 atom stereocenters. The average molecular weight is 316 g/mol. The first-order valence-electron chi connectivity index (χ1n) is 4.15. The van der Waals surface area contributed by atoms with Gasteiger partial charge < -0.3 is 4.98 Å². The summed E-state index contributed by atoms with van der Waals surface area (Å²) >= 11 is 6.84. The summed E-state index contributed by atoms with van der Waals surface area (Å²) in [5, 5.41) is 0. The van der Waals surface area contributed by atoms with Crippen molar-refractivity contribution < 1.29 is 0 Å². The fraction of sp³-hybridized carbons (Fsp3) is 0.100. The number of hydrogen-bond donors (Lipinski definition) is 1. The fourth-order valence-corrected chi connectivity index (χ4v) is 2.13. The molecule has 2 nitrogen and oxygen atoms in total. The highest BCUT2D eigenvalue weighted by Gasteiger charge is 2.07. The Hall–Kier alpha value is -0.610. The van der Waals surface area contributed by atoms with E-state index >= 15 is 0 Å². The maximum atomic E-state index is 4.39. The summed E-state index contributed by atoms with van der Waals surface area (Å²) < 4.78 is 2.00. The summed E-state index contributed by atoms with van der Waals surface area (Å²) in [6.45, 7) is 1.94. The summed E-state index contributed by atoms with van der Waals surface area (Å²) in [5.41, 5.74) is 2.06. The Bertz CT molecular complexity index is 446. The van der Waals surface area contributed by atoms with Gasteiger partial charge in [0.25, 0.3) is 0 Å². The SMILES string of the molecule is Cc1nc(-c2ccc(Br)cc2)c(Br)[nH]1.